The SMILES string of the molecule is N=C(N)NCCC[C@H](NC(=O)CCCCCn1c2ccccc2c(=O)c2ccccc21)C(=O)O. The van der Waals surface area contributed by atoms with E-state index in [9.17, 15) is 19.5 Å². The second-order valence-corrected chi connectivity index (χ2v) is 8.27. The van der Waals surface area contributed by atoms with Gasteiger partial charge in [-0.25, -0.2) is 4.79 Å². The number of hydrogen-bond acceptors (Lipinski definition) is 4. The first kappa shape index (κ1) is 24.8. The number of nitrogens with one attached hydrogen (secondary N) is 3. The Morgan fingerprint density at radius 3 is 2.18 bits per heavy atom. The highest BCUT2D eigenvalue weighted by Gasteiger charge is 2.19. The van der Waals surface area contributed by atoms with Gasteiger partial charge in [-0.05, 0) is 49.9 Å². The summed E-state index contributed by atoms with van der Waals surface area (Å²) in [5.74, 6) is -1.53. The largest absolute Gasteiger partial charge is 0.480 e. The molecule has 9 nitrogen and oxygen atoms in total. The van der Waals surface area contributed by atoms with Crippen molar-refractivity contribution in [1.29, 1.82) is 5.41 Å². The van der Waals surface area contributed by atoms with Gasteiger partial charge in [-0.3, -0.25) is 15.0 Å². The lowest BCUT2D eigenvalue weighted by Crippen LogP contribution is -2.41. The molecule has 1 heterocycles. The Morgan fingerprint density at radius 2 is 1.59 bits per heavy atom. The summed E-state index contributed by atoms with van der Waals surface area (Å²) < 4.78 is 2.15. The quantitative estimate of drug-likeness (QED) is 0.120. The lowest BCUT2D eigenvalue weighted by Gasteiger charge is -2.16. The summed E-state index contributed by atoms with van der Waals surface area (Å²) in [5, 5.41) is 23.0. The van der Waals surface area contributed by atoms with Gasteiger partial charge in [0.1, 0.15) is 6.04 Å². The van der Waals surface area contributed by atoms with Crippen LogP contribution in [-0.2, 0) is 16.1 Å². The first-order valence-corrected chi connectivity index (χ1v) is 11.5. The third-order valence-corrected chi connectivity index (χ3v) is 5.78. The summed E-state index contributed by atoms with van der Waals surface area (Å²) >= 11 is 0. The molecule has 0 saturated carbocycles. The Labute approximate surface area is 197 Å². The van der Waals surface area contributed by atoms with Crippen molar-refractivity contribution >= 4 is 39.6 Å². The van der Waals surface area contributed by atoms with Crippen LogP contribution in [0.1, 0.15) is 38.5 Å². The van der Waals surface area contributed by atoms with Crippen LogP contribution in [0, 0.1) is 5.41 Å². The smallest absolute Gasteiger partial charge is 0.326 e. The van der Waals surface area contributed by atoms with Crippen molar-refractivity contribution in [2.45, 2.75) is 51.1 Å². The Kier molecular flexibility index (Phi) is 8.61. The summed E-state index contributed by atoms with van der Waals surface area (Å²) in [6.07, 6.45) is 3.24. The molecule has 0 saturated heterocycles. The van der Waals surface area contributed by atoms with E-state index in [1.165, 1.54) is 0 Å². The first-order valence-electron chi connectivity index (χ1n) is 11.5. The van der Waals surface area contributed by atoms with Crippen molar-refractivity contribution in [2.75, 3.05) is 6.54 Å². The Morgan fingerprint density at radius 1 is 0.971 bits per heavy atom. The molecule has 0 aliphatic carbocycles. The molecule has 9 heteroatoms. The second-order valence-electron chi connectivity index (χ2n) is 8.27. The molecule has 1 aromatic heterocycles. The van der Waals surface area contributed by atoms with Crippen LogP contribution in [0.5, 0.6) is 0 Å². The van der Waals surface area contributed by atoms with Crippen LogP contribution < -0.4 is 21.8 Å². The molecule has 34 heavy (non-hydrogen) atoms. The van der Waals surface area contributed by atoms with Crippen molar-refractivity contribution < 1.29 is 14.7 Å². The minimum absolute atomic E-state index is 0.0316. The summed E-state index contributed by atoms with van der Waals surface area (Å²) in [6, 6.07) is 14.2. The minimum atomic E-state index is -1.08. The van der Waals surface area contributed by atoms with E-state index in [0.29, 0.717) is 36.7 Å². The monoisotopic (exact) mass is 465 g/mol. The number of carboxylic acid groups (broad SMARTS) is 1. The molecule has 0 bridgehead atoms. The summed E-state index contributed by atoms with van der Waals surface area (Å²) in [6.45, 7) is 1.09. The number of guanidine groups is 1. The molecule has 2 aromatic carbocycles. The molecule has 0 radical (unpaired) electrons. The van der Waals surface area contributed by atoms with Crippen molar-refractivity contribution in [3.05, 3.63) is 58.8 Å². The van der Waals surface area contributed by atoms with Gasteiger partial charge in [-0.2, -0.15) is 0 Å². The van der Waals surface area contributed by atoms with Crippen molar-refractivity contribution in [1.82, 2.24) is 15.2 Å². The van der Waals surface area contributed by atoms with Gasteiger partial charge in [-0.1, -0.05) is 30.7 Å². The average Bonchev–Trinajstić information content (AvgIpc) is 2.82. The maximum absolute atomic E-state index is 12.8. The van der Waals surface area contributed by atoms with Crippen LogP contribution in [0.4, 0.5) is 0 Å². The number of aryl methyl sites for hydroxylation is 1. The molecular weight excluding hydrogens is 434 g/mol. The molecule has 0 fully saturated rings. The van der Waals surface area contributed by atoms with Crippen LogP contribution in [0.3, 0.4) is 0 Å². The normalized spacial score (nSPS) is 11.9. The molecule has 180 valence electrons. The van der Waals surface area contributed by atoms with Gasteiger partial charge in [-0.15, -0.1) is 0 Å². The highest BCUT2D eigenvalue weighted by atomic mass is 16.4. The third kappa shape index (κ3) is 6.34. The number of carboxylic acids is 1. The molecular formula is C25H31N5O4. The lowest BCUT2D eigenvalue weighted by atomic mass is 10.1. The van der Waals surface area contributed by atoms with Crippen molar-refractivity contribution in [3.8, 4) is 0 Å². The number of carbonyl (C=O) groups excluding carboxylic acids is 1. The van der Waals surface area contributed by atoms with Gasteiger partial charge in [0, 0.05) is 30.3 Å². The van der Waals surface area contributed by atoms with Gasteiger partial charge in [0.2, 0.25) is 5.91 Å². The second kappa shape index (κ2) is 11.8. The number of aromatic nitrogens is 1. The number of aliphatic carboxylic acids is 1. The average molecular weight is 466 g/mol. The zero-order valence-corrected chi connectivity index (χ0v) is 19.0. The van der Waals surface area contributed by atoms with E-state index >= 15 is 0 Å². The van der Waals surface area contributed by atoms with Gasteiger partial charge < -0.3 is 26.0 Å². The molecule has 1 atom stereocenters. The number of pyridine rings is 1. The Hall–Kier alpha value is -3.88. The highest BCUT2D eigenvalue weighted by molar-refractivity contribution is 5.93. The summed E-state index contributed by atoms with van der Waals surface area (Å²) in [7, 11) is 0. The number of nitrogens with zero attached hydrogens (tertiary/aromatic N) is 1. The number of benzene rings is 2. The van der Waals surface area contributed by atoms with E-state index < -0.39 is 12.0 Å². The number of para-hydroxylation sites is 2. The number of hydrogen-bond donors (Lipinski definition) is 5. The lowest BCUT2D eigenvalue weighted by molar-refractivity contribution is -0.142. The van der Waals surface area contributed by atoms with Gasteiger partial charge in [0.25, 0.3) is 0 Å². The molecule has 1 amide bonds. The van der Waals surface area contributed by atoms with Crippen LogP contribution >= 0.6 is 0 Å². The molecule has 0 aliphatic rings. The number of fused-ring (bicyclic) bond motifs is 2. The van der Waals surface area contributed by atoms with Crippen LogP contribution in [-0.4, -0.2) is 40.1 Å². The molecule has 0 spiro atoms. The summed E-state index contributed by atoms with van der Waals surface area (Å²) in [4.78, 5) is 36.5. The third-order valence-electron chi connectivity index (χ3n) is 5.78. The molecule has 3 rings (SSSR count). The van der Waals surface area contributed by atoms with E-state index in [0.717, 1.165) is 23.9 Å². The van der Waals surface area contributed by atoms with Gasteiger partial charge >= 0.3 is 5.97 Å². The molecule has 0 unspecified atom stereocenters. The molecule has 0 aliphatic heterocycles. The predicted octanol–water partition coefficient (Wildman–Crippen LogP) is 2.55. The van der Waals surface area contributed by atoms with Crippen LogP contribution in [0.2, 0.25) is 0 Å². The number of nitrogens with two attached hydrogens (primary N) is 1. The predicted molar refractivity (Wildman–Crippen MR) is 133 cm³/mol. The van der Waals surface area contributed by atoms with Crippen LogP contribution in [0.15, 0.2) is 53.3 Å². The van der Waals surface area contributed by atoms with Gasteiger partial charge in [0.05, 0.1) is 11.0 Å². The fraction of sp³-hybridized carbons (Fsp3) is 0.360. The Bertz CT molecular complexity index is 1180. The van der Waals surface area contributed by atoms with Crippen LogP contribution in [0.25, 0.3) is 21.8 Å². The fourth-order valence-corrected chi connectivity index (χ4v) is 4.10. The number of rotatable bonds is 12. The van der Waals surface area contributed by atoms with Crippen molar-refractivity contribution in [2.24, 2.45) is 5.73 Å². The zero-order chi connectivity index (χ0) is 24.5. The van der Waals surface area contributed by atoms with Crippen molar-refractivity contribution in [3.63, 3.8) is 0 Å². The first-order chi connectivity index (χ1) is 16.4. The van der Waals surface area contributed by atoms with E-state index in [2.05, 4.69) is 15.2 Å². The molecule has 6 N–H and O–H groups in total. The minimum Gasteiger partial charge on any atom is -0.480 e. The maximum atomic E-state index is 12.8. The fourth-order valence-electron chi connectivity index (χ4n) is 4.10. The van der Waals surface area contributed by atoms with Gasteiger partial charge in [0.15, 0.2) is 11.4 Å². The van der Waals surface area contributed by atoms with E-state index in [4.69, 9.17) is 11.1 Å². The standard InChI is InChI=1S/C25H31N5O4/c26-25(27)28-15-8-11-19(24(33)34)29-22(31)14-2-1-7-16-30-20-12-5-3-9-17(20)23(32)18-10-4-6-13-21(18)30/h3-6,9-10,12-13,19H,1-2,7-8,11,14-16H2,(H,29,31)(H,33,34)(H4,26,27,28)/t19-/m0/s1. The molecule has 3 aromatic rings. The maximum Gasteiger partial charge on any atom is 0.326 e. The van der Waals surface area contributed by atoms with E-state index in [-0.39, 0.29) is 30.1 Å². The number of carbonyl (C=O) groups is 2. The Balaban J connectivity index is 1.52. The number of unbranched alkanes of at least 4 members (excludes halogenated alkanes) is 2. The zero-order valence-electron chi connectivity index (χ0n) is 19.0. The topological polar surface area (TPSA) is 150 Å². The summed E-state index contributed by atoms with van der Waals surface area (Å²) in [5.41, 5.74) is 7.02. The van der Waals surface area contributed by atoms with E-state index in [1.807, 2.05) is 48.5 Å². The highest BCUT2D eigenvalue weighted by Crippen LogP contribution is 2.20. The number of amides is 1. The van der Waals surface area contributed by atoms with E-state index in [1.54, 1.807) is 0 Å².